The van der Waals surface area contributed by atoms with E-state index < -0.39 is 0 Å². The van der Waals surface area contributed by atoms with Gasteiger partial charge in [-0.1, -0.05) is 37.3 Å². The maximum Gasteiger partial charge on any atom is 0.251 e. The molecule has 0 aliphatic carbocycles. The van der Waals surface area contributed by atoms with E-state index in [1.807, 2.05) is 37.3 Å². The molecule has 2 rings (SSSR count). The Hall–Kier alpha value is -2.49. The molecule has 0 fully saturated rings. The third kappa shape index (κ3) is 4.52. The molecule has 0 aromatic heterocycles. The van der Waals surface area contributed by atoms with Crippen molar-refractivity contribution in [2.45, 2.75) is 19.8 Å². The van der Waals surface area contributed by atoms with Gasteiger partial charge in [0.1, 0.15) is 5.75 Å². The van der Waals surface area contributed by atoms with Crippen molar-refractivity contribution in [1.29, 1.82) is 0 Å². The SMILES string of the molecule is CCCOc1cc(C(=O)NCCc2ccccc2)ccc1N. The molecule has 0 atom stereocenters. The Balaban J connectivity index is 1.91. The van der Waals surface area contributed by atoms with Crippen molar-refractivity contribution >= 4 is 11.6 Å². The lowest BCUT2D eigenvalue weighted by Gasteiger charge is -2.10. The number of rotatable bonds is 7. The van der Waals surface area contributed by atoms with Gasteiger partial charge in [-0.15, -0.1) is 0 Å². The van der Waals surface area contributed by atoms with Crippen LogP contribution in [0.4, 0.5) is 5.69 Å². The number of carbonyl (C=O) groups is 1. The number of benzene rings is 2. The number of nitrogens with two attached hydrogens (primary N) is 1. The largest absolute Gasteiger partial charge is 0.491 e. The first-order valence-corrected chi connectivity index (χ1v) is 7.55. The van der Waals surface area contributed by atoms with Crippen LogP contribution in [0.1, 0.15) is 29.3 Å². The van der Waals surface area contributed by atoms with E-state index in [0.717, 1.165) is 12.8 Å². The minimum absolute atomic E-state index is 0.114. The molecule has 2 aromatic carbocycles. The molecule has 4 heteroatoms. The second kappa shape index (κ2) is 8.08. The zero-order valence-corrected chi connectivity index (χ0v) is 12.8. The van der Waals surface area contributed by atoms with Crippen LogP contribution in [0.5, 0.6) is 5.75 Å². The number of ether oxygens (including phenoxy) is 1. The van der Waals surface area contributed by atoms with Crippen molar-refractivity contribution in [3.8, 4) is 5.75 Å². The Bertz CT molecular complexity index is 612. The summed E-state index contributed by atoms with van der Waals surface area (Å²) in [7, 11) is 0. The van der Waals surface area contributed by atoms with Crippen molar-refractivity contribution < 1.29 is 9.53 Å². The van der Waals surface area contributed by atoms with Gasteiger partial charge >= 0.3 is 0 Å². The average molecular weight is 298 g/mol. The summed E-state index contributed by atoms with van der Waals surface area (Å²) in [6.07, 6.45) is 1.70. The summed E-state index contributed by atoms with van der Waals surface area (Å²) in [5, 5.41) is 2.91. The highest BCUT2D eigenvalue weighted by Crippen LogP contribution is 2.22. The van der Waals surface area contributed by atoms with E-state index in [0.29, 0.717) is 30.2 Å². The molecule has 0 bridgehead atoms. The first kappa shape index (κ1) is 15.9. The van der Waals surface area contributed by atoms with Crippen LogP contribution in [0.3, 0.4) is 0 Å². The summed E-state index contributed by atoms with van der Waals surface area (Å²) in [6.45, 7) is 3.21. The lowest BCUT2D eigenvalue weighted by atomic mass is 10.1. The van der Waals surface area contributed by atoms with Crippen LogP contribution in [0.2, 0.25) is 0 Å². The van der Waals surface area contributed by atoms with Crippen LogP contribution in [-0.2, 0) is 6.42 Å². The van der Waals surface area contributed by atoms with E-state index in [1.54, 1.807) is 18.2 Å². The van der Waals surface area contributed by atoms with Gasteiger partial charge in [-0.05, 0) is 36.6 Å². The molecule has 0 aliphatic rings. The molecule has 3 N–H and O–H groups in total. The van der Waals surface area contributed by atoms with Crippen LogP contribution < -0.4 is 15.8 Å². The third-order valence-corrected chi connectivity index (χ3v) is 3.28. The summed E-state index contributed by atoms with van der Waals surface area (Å²) >= 11 is 0. The second-order valence-electron chi connectivity index (χ2n) is 5.09. The Morgan fingerprint density at radius 1 is 1.18 bits per heavy atom. The number of amides is 1. The molecule has 116 valence electrons. The highest BCUT2D eigenvalue weighted by atomic mass is 16.5. The smallest absolute Gasteiger partial charge is 0.251 e. The van der Waals surface area contributed by atoms with Gasteiger partial charge in [0, 0.05) is 12.1 Å². The molecule has 2 aromatic rings. The minimum atomic E-state index is -0.114. The Kier molecular flexibility index (Phi) is 5.83. The summed E-state index contributed by atoms with van der Waals surface area (Å²) in [5.74, 6) is 0.454. The van der Waals surface area contributed by atoms with Gasteiger partial charge in [0.2, 0.25) is 0 Å². The Morgan fingerprint density at radius 2 is 1.95 bits per heavy atom. The standard InChI is InChI=1S/C18H22N2O2/c1-2-12-22-17-13-15(8-9-16(17)19)18(21)20-11-10-14-6-4-3-5-7-14/h3-9,13H,2,10-12,19H2,1H3,(H,20,21). The van der Waals surface area contributed by atoms with E-state index in [2.05, 4.69) is 5.32 Å². The molecule has 4 nitrogen and oxygen atoms in total. The van der Waals surface area contributed by atoms with Crippen LogP contribution in [0.15, 0.2) is 48.5 Å². The highest BCUT2D eigenvalue weighted by Gasteiger charge is 2.09. The number of nitrogens with one attached hydrogen (secondary N) is 1. The molecule has 22 heavy (non-hydrogen) atoms. The highest BCUT2D eigenvalue weighted by molar-refractivity contribution is 5.95. The van der Waals surface area contributed by atoms with Gasteiger partial charge in [-0.2, -0.15) is 0 Å². The quantitative estimate of drug-likeness (QED) is 0.772. The van der Waals surface area contributed by atoms with Gasteiger partial charge in [0.25, 0.3) is 5.91 Å². The fourth-order valence-corrected chi connectivity index (χ4v) is 2.08. The second-order valence-corrected chi connectivity index (χ2v) is 5.09. The monoisotopic (exact) mass is 298 g/mol. The first-order valence-electron chi connectivity index (χ1n) is 7.55. The topological polar surface area (TPSA) is 64.3 Å². The van der Waals surface area contributed by atoms with Crippen LogP contribution in [0, 0.1) is 0 Å². The van der Waals surface area contributed by atoms with Gasteiger partial charge in [-0.25, -0.2) is 0 Å². The first-order chi connectivity index (χ1) is 10.7. The molecule has 0 heterocycles. The number of hydrogen-bond donors (Lipinski definition) is 2. The Morgan fingerprint density at radius 3 is 2.68 bits per heavy atom. The van der Waals surface area contributed by atoms with Crippen LogP contribution in [-0.4, -0.2) is 19.1 Å². The van der Waals surface area contributed by atoms with E-state index in [9.17, 15) is 4.79 Å². The third-order valence-electron chi connectivity index (χ3n) is 3.28. The normalized spacial score (nSPS) is 10.2. The van der Waals surface area contributed by atoms with Crippen LogP contribution in [0.25, 0.3) is 0 Å². The van der Waals surface area contributed by atoms with E-state index >= 15 is 0 Å². The molecule has 0 saturated heterocycles. The minimum Gasteiger partial charge on any atom is -0.491 e. The lowest BCUT2D eigenvalue weighted by molar-refractivity contribution is 0.0953. The molecule has 1 amide bonds. The molecule has 0 aliphatic heterocycles. The molecular weight excluding hydrogens is 276 g/mol. The zero-order chi connectivity index (χ0) is 15.8. The summed E-state index contributed by atoms with van der Waals surface area (Å²) in [5.41, 5.74) is 8.16. The van der Waals surface area contributed by atoms with Crippen LogP contribution >= 0.6 is 0 Å². The predicted molar refractivity (Wildman–Crippen MR) is 89.1 cm³/mol. The van der Waals surface area contributed by atoms with E-state index in [-0.39, 0.29) is 5.91 Å². The number of hydrogen-bond acceptors (Lipinski definition) is 3. The van der Waals surface area contributed by atoms with Crippen molar-refractivity contribution in [1.82, 2.24) is 5.32 Å². The van der Waals surface area contributed by atoms with Gasteiger partial charge in [0.15, 0.2) is 0 Å². The van der Waals surface area contributed by atoms with Crippen molar-refractivity contribution in [3.63, 3.8) is 0 Å². The van der Waals surface area contributed by atoms with Gasteiger partial charge in [-0.3, -0.25) is 4.79 Å². The van der Waals surface area contributed by atoms with Crippen molar-refractivity contribution in [2.24, 2.45) is 0 Å². The lowest BCUT2D eigenvalue weighted by Crippen LogP contribution is -2.25. The fourth-order valence-electron chi connectivity index (χ4n) is 2.08. The van der Waals surface area contributed by atoms with Crippen molar-refractivity contribution in [3.05, 3.63) is 59.7 Å². The Labute approximate surface area is 131 Å². The predicted octanol–water partition coefficient (Wildman–Crippen LogP) is 3.03. The number of anilines is 1. The summed E-state index contributed by atoms with van der Waals surface area (Å²) in [4.78, 5) is 12.2. The van der Waals surface area contributed by atoms with Crippen molar-refractivity contribution in [2.75, 3.05) is 18.9 Å². The fraction of sp³-hybridized carbons (Fsp3) is 0.278. The van der Waals surface area contributed by atoms with Gasteiger partial charge in [0.05, 0.1) is 12.3 Å². The molecule has 0 unspecified atom stereocenters. The average Bonchev–Trinajstić information content (AvgIpc) is 2.55. The molecule has 0 radical (unpaired) electrons. The van der Waals surface area contributed by atoms with Gasteiger partial charge < -0.3 is 15.8 Å². The molecule has 0 spiro atoms. The molecule has 0 saturated carbocycles. The summed E-state index contributed by atoms with van der Waals surface area (Å²) in [6, 6.07) is 15.2. The number of carbonyl (C=O) groups excluding carboxylic acids is 1. The maximum atomic E-state index is 12.2. The zero-order valence-electron chi connectivity index (χ0n) is 12.8. The number of nitrogen functional groups attached to an aromatic ring is 1. The van der Waals surface area contributed by atoms with E-state index in [4.69, 9.17) is 10.5 Å². The molecular formula is C18H22N2O2. The van der Waals surface area contributed by atoms with E-state index in [1.165, 1.54) is 5.56 Å². The maximum absolute atomic E-state index is 12.2. The summed E-state index contributed by atoms with van der Waals surface area (Å²) < 4.78 is 5.55.